The molecule has 21 heavy (non-hydrogen) atoms. The highest BCUT2D eigenvalue weighted by molar-refractivity contribution is 5.16. The van der Waals surface area contributed by atoms with Crippen LogP contribution in [0.3, 0.4) is 0 Å². The third-order valence-corrected chi connectivity index (χ3v) is 3.86. The van der Waals surface area contributed by atoms with Crippen LogP contribution in [0.15, 0.2) is 36.7 Å². The Bertz CT molecular complexity index is 581. The molecule has 2 heterocycles. The van der Waals surface area contributed by atoms with Gasteiger partial charge in [-0.1, -0.05) is 12.1 Å². The van der Waals surface area contributed by atoms with E-state index in [2.05, 4.69) is 14.5 Å². The number of imidazole rings is 1. The number of aromatic nitrogens is 2. The third kappa shape index (κ3) is 3.49. The zero-order valence-electron chi connectivity index (χ0n) is 12.2. The Morgan fingerprint density at radius 1 is 1.29 bits per heavy atom. The molecular weight excluding hydrogens is 269 g/mol. The Balaban J connectivity index is 1.76. The maximum atomic E-state index is 13.0. The van der Waals surface area contributed by atoms with Crippen LogP contribution in [0.25, 0.3) is 0 Å². The van der Waals surface area contributed by atoms with Gasteiger partial charge >= 0.3 is 0 Å². The molecule has 0 saturated carbocycles. The molecule has 1 aliphatic heterocycles. The van der Waals surface area contributed by atoms with E-state index < -0.39 is 0 Å². The van der Waals surface area contributed by atoms with Crippen LogP contribution in [-0.2, 0) is 24.4 Å². The van der Waals surface area contributed by atoms with E-state index in [-0.39, 0.29) is 5.82 Å². The molecule has 4 nitrogen and oxygen atoms in total. The minimum Gasteiger partial charge on any atom is -0.384 e. The summed E-state index contributed by atoms with van der Waals surface area (Å²) in [4.78, 5) is 6.79. The molecule has 0 spiro atoms. The average molecular weight is 289 g/mol. The Morgan fingerprint density at radius 2 is 2.10 bits per heavy atom. The molecule has 0 unspecified atom stereocenters. The fraction of sp³-hybridized carbons (Fsp3) is 0.438. The molecule has 2 aromatic rings. The quantitative estimate of drug-likeness (QED) is 0.865. The summed E-state index contributed by atoms with van der Waals surface area (Å²) in [5, 5.41) is 0. The summed E-state index contributed by atoms with van der Waals surface area (Å²) in [5.74, 6) is 1.32. The van der Waals surface area contributed by atoms with Gasteiger partial charge in [0, 0.05) is 45.1 Å². The minimum atomic E-state index is -0.192. The summed E-state index contributed by atoms with van der Waals surface area (Å²) in [6.07, 6.45) is 3.87. The number of halogens is 1. The van der Waals surface area contributed by atoms with Gasteiger partial charge in [-0.05, 0) is 17.7 Å². The zero-order valence-corrected chi connectivity index (χ0v) is 12.2. The van der Waals surface area contributed by atoms with Gasteiger partial charge in [0.15, 0.2) is 0 Å². The summed E-state index contributed by atoms with van der Waals surface area (Å²) in [6.45, 7) is 4.23. The van der Waals surface area contributed by atoms with E-state index in [1.54, 1.807) is 7.11 Å². The lowest BCUT2D eigenvalue weighted by Crippen LogP contribution is -2.29. The highest BCUT2D eigenvalue weighted by atomic mass is 19.1. The van der Waals surface area contributed by atoms with Crippen LogP contribution >= 0.6 is 0 Å². The van der Waals surface area contributed by atoms with E-state index in [0.717, 1.165) is 44.2 Å². The van der Waals surface area contributed by atoms with Gasteiger partial charge in [0.2, 0.25) is 0 Å². The highest BCUT2D eigenvalue weighted by Gasteiger charge is 2.22. The number of fused-ring (bicyclic) bond motifs is 1. The van der Waals surface area contributed by atoms with Crippen LogP contribution in [-0.4, -0.2) is 34.7 Å². The Hall–Kier alpha value is -1.72. The molecule has 1 aromatic carbocycles. The lowest BCUT2D eigenvalue weighted by Gasteiger charge is -2.23. The van der Waals surface area contributed by atoms with Crippen molar-refractivity contribution >= 4 is 0 Å². The molecule has 0 bridgehead atoms. The van der Waals surface area contributed by atoms with Crippen LogP contribution in [0, 0.1) is 11.7 Å². The fourth-order valence-electron chi connectivity index (χ4n) is 2.93. The molecule has 0 fully saturated rings. The second-order valence-electron chi connectivity index (χ2n) is 5.61. The SMILES string of the molecule is COC[C@@H]1CN(Cc2ccc(F)cc2)Cc2nccn2C1. The smallest absolute Gasteiger partial charge is 0.123 e. The standard InChI is InChI=1S/C16H20FN3O/c1-21-12-14-9-19(8-13-2-4-15(17)5-3-13)11-16-18-6-7-20(16)10-14/h2-7,14H,8-12H2,1H3/t14-/m1/s1. The molecular formula is C16H20FN3O. The van der Waals surface area contributed by atoms with Crippen LogP contribution in [0.2, 0.25) is 0 Å². The first-order valence-corrected chi connectivity index (χ1v) is 7.20. The number of hydrogen-bond acceptors (Lipinski definition) is 3. The van der Waals surface area contributed by atoms with Gasteiger partial charge in [0.25, 0.3) is 0 Å². The Labute approximate surface area is 124 Å². The second-order valence-corrected chi connectivity index (χ2v) is 5.61. The summed E-state index contributed by atoms with van der Waals surface area (Å²) in [5.41, 5.74) is 1.12. The predicted molar refractivity (Wildman–Crippen MR) is 78.1 cm³/mol. The van der Waals surface area contributed by atoms with Crippen LogP contribution in [0.4, 0.5) is 4.39 Å². The molecule has 112 valence electrons. The Kier molecular flexibility index (Phi) is 4.31. The largest absolute Gasteiger partial charge is 0.384 e. The van der Waals surface area contributed by atoms with Crippen molar-refractivity contribution in [1.82, 2.24) is 14.5 Å². The molecule has 0 saturated heterocycles. The van der Waals surface area contributed by atoms with Crippen molar-refractivity contribution in [2.24, 2.45) is 5.92 Å². The fourth-order valence-corrected chi connectivity index (χ4v) is 2.93. The molecule has 1 aliphatic rings. The number of hydrogen-bond donors (Lipinski definition) is 0. The molecule has 1 atom stereocenters. The summed E-state index contributed by atoms with van der Waals surface area (Å²) in [6, 6.07) is 6.72. The number of methoxy groups -OCH3 is 1. The van der Waals surface area contributed by atoms with Crippen LogP contribution < -0.4 is 0 Å². The number of nitrogens with zero attached hydrogens (tertiary/aromatic N) is 3. The number of rotatable bonds is 4. The monoisotopic (exact) mass is 289 g/mol. The topological polar surface area (TPSA) is 30.3 Å². The van der Waals surface area contributed by atoms with Crippen molar-refractivity contribution in [3.05, 3.63) is 53.9 Å². The van der Waals surface area contributed by atoms with Gasteiger partial charge < -0.3 is 9.30 Å². The van der Waals surface area contributed by atoms with E-state index in [0.29, 0.717) is 5.92 Å². The lowest BCUT2D eigenvalue weighted by atomic mass is 10.1. The van der Waals surface area contributed by atoms with E-state index in [1.807, 2.05) is 24.5 Å². The zero-order chi connectivity index (χ0) is 14.7. The van der Waals surface area contributed by atoms with Crippen molar-refractivity contribution in [2.45, 2.75) is 19.6 Å². The molecule has 0 N–H and O–H groups in total. The molecule has 0 aliphatic carbocycles. The maximum Gasteiger partial charge on any atom is 0.123 e. The summed E-state index contributed by atoms with van der Waals surface area (Å²) < 4.78 is 20.5. The molecule has 3 rings (SSSR count). The number of ether oxygens (including phenoxy) is 1. The third-order valence-electron chi connectivity index (χ3n) is 3.86. The van der Waals surface area contributed by atoms with E-state index >= 15 is 0 Å². The van der Waals surface area contributed by atoms with Gasteiger partial charge in [0.05, 0.1) is 13.2 Å². The maximum absolute atomic E-state index is 13.0. The average Bonchev–Trinajstić information content (AvgIpc) is 2.82. The summed E-state index contributed by atoms with van der Waals surface area (Å²) >= 11 is 0. The normalized spacial score (nSPS) is 19.2. The molecule has 5 heteroatoms. The molecule has 0 amide bonds. The summed E-state index contributed by atoms with van der Waals surface area (Å²) in [7, 11) is 1.74. The van der Waals surface area contributed by atoms with E-state index in [9.17, 15) is 4.39 Å². The van der Waals surface area contributed by atoms with Crippen LogP contribution in [0.1, 0.15) is 11.4 Å². The predicted octanol–water partition coefficient (Wildman–Crippen LogP) is 2.30. The first-order valence-electron chi connectivity index (χ1n) is 7.20. The van der Waals surface area contributed by atoms with Gasteiger partial charge in [-0.15, -0.1) is 0 Å². The molecule has 0 radical (unpaired) electrons. The van der Waals surface area contributed by atoms with Gasteiger partial charge in [0.1, 0.15) is 11.6 Å². The first kappa shape index (κ1) is 14.2. The van der Waals surface area contributed by atoms with E-state index in [4.69, 9.17) is 4.74 Å². The second kappa shape index (κ2) is 6.37. The minimum absolute atomic E-state index is 0.192. The van der Waals surface area contributed by atoms with Gasteiger partial charge in [-0.25, -0.2) is 9.37 Å². The highest BCUT2D eigenvalue weighted by Crippen LogP contribution is 2.18. The van der Waals surface area contributed by atoms with Crippen molar-refractivity contribution in [1.29, 1.82) is 0 Å². The van der Waals surface area contributed by atoms with E-state index in [1.165, 1.54) is 12.1 Å². The Morgan fingerprint density at radius 3 is 2.86 bits per heavy atom. The van der Waals surface area contributed by atoms with Crippen LogP contribution in [0.5, 0.6) is 0 Å². The van der Waals surface area contributed by atoms with Crippen molar-refractivity contribution in [2.75, 3.05) is 20.3 Å². The lowest BCUT2D eigenvalue weighted by molar-refractivity contribution is 0.115. The number of benzene rings is 1. The molecule has 1 aromatic heterocycles. The first-order chi connectivity index (χ1) is 10.2. The van der Waals surface area contributed by atoms with Crippen molar-refractivity contribution < 1.29 is 9.13 Å². The van der Waals surface area contributed by atoms with Crippen molar-refractivity contribution in [3.63, 3.8) is 0 Å². The van der Waals surface area contributed by atoms with Gasteiger partial charge in [-0.3, -0.25) is 4.90 Å². The van der Waals surface area contributed by atoms with Crippen molar-refractivity contribution in [3.8, 4) is 0 Å². The van der Waals surface area contributed by atoms with Gasteiger partial charge in [-0.2, -0.15) is 0 Å².